The maximum absolute atomic E-state index is 13.0. The molecule has 0 aliphatic heterocycles. The molecule has 0 heterocycles. The minimum absolute atomic E-state index is 0.255. The number of likely N-dealkylation sites (N-methyl/N-ethyl adjacent to an activating group) is 1. The van der Waals surface area contributed by atoms with E-state index >= 15 is 0 Å². The first-order chi connectivity index (χ1) is 9.39. The van der Waals surface area contributed by atoms with Crippen molar-refractivity contribution in [1.29, 1.82) is 0 Å². The van der Waals surface area contributed by atoms with Gasteiger partial charge in [-0.25, -0.2) is 0 Å². The van der Waals surface area contributed by atoms with Gasteiger partial charge in [-0.2, -0.15) is 13.2 Å². The van der Waals surface area contributed by atoms with Crippen LogP contribution in [0, 0.1) is 0 Å². The number of nitrogens with zero attached hydrogens (tertiary/aromatic N) is 1. The van der Waals surface area contributed by atoms with E-state index in [1.165, 1.54) is 6.07 Å². The summed E-state index contributed by atoms with van der Waals surface area (Å²) in [4.78, 5) is 2.10. The summed E-state index contributed by atoms with van der Waals surface area (Å²) in [6.07, 6.45) is 1.55. The van der Waals surface area contributed by atoms with Crippen LogP contribution in [-0.4, -0.2) is 25.0 Å². The van der Waals surface area contributed by atoms with Gasteiger partial charge in [0, 0.05) is 6.04 Å². The second kappa shape index (κ2) is 6.00. The molecular weight excluding hydrogens is 263 g/mol. The zero-order valence-corrected chi connectivity index (χ0v) is 11.9. The fourth-order valence-electron chi connectivity index (χ4n) is 2.86. The Balaban J connectivity index is 2.39. The Morgan fingerprint density at radius 3 is 2.50 bits per heavy atom. The third-order valence-electron chi connectivity index (χ3n) is 3.85. The molecule has 0 spiro atoms. The molecule has 0 saturated heterocycles. The molecule has 0 N–H and O–H groups in total. The Morgan fingerprint density at radius 1 is 1.15 bits per heavy atom. The molecule has 1 nitrogen and oxygen atoms in total. The van der Waals surface area contributed by atoms with E-state index in [1.807, 2.05) is 14.1 Å². The summed E-state index contributed by atoms with van der Waals surface area (Å²) < 4.78 is 39.1. The van der Waals surface area contributed by atoms with Crippen LogP contribution in [0.4, 0.5) is 13.2 Å². The first-order valence-corrected chi connectivity index (χ1v) is 6.92. The molecule has 1 saturated carbocycles. The first-order valence-electron chi connectivity index (χ1n) is 6.92. The van der Waals surface area contributed by atoms with Gasteiger partial charge in [-0.15, -0.1) is 0 Å². The predicted molar refractivity (Wildman–Crippen MR) is 75.4 cm³/mol. The van der Waals surface area contributed by atoms with Gasteiger partial charge in [-0.05, 0) is 45.0 Å². The molecule has 1 unspecified atom stereocenters. The third-order valence-corrected chi connectivity index (χ3v) is 3.85. The van der Waals surface area contributed by atoms with Gasteiger partial charge in [0.25, 0.3) is 0 Å². The molecule has 1 aliphatic rings. The van der Waals surface area contributed by atoms with Gasteiger partial charge in [0.1, 0.15) is 0 Å². The van der Waals surface area contributed by atoms with Crippen LogP contribution >= 0.6 is 0 Å². The number of rotatable bonds is 2. The summed E-state index contributed by atoms with van der Waals surface area (Å²) in [6.45, 7) is 0. The molecule has 0 bridgehead atoms. The van der Waals surface area contributed by atoms with Crippen LogP contribution in [0.5, 0.6) is 0 Å². The Morgan fingerprint density at radius 2 is 1.85 bits per heavy atom. The monoisotopic (exact) mass is 283 g/mol. The number of hydrogen-bond acceptors (Lipinski definition) is 1. The van der Waals surface area contributed by atoms with Crippen LogP contribution in [0.2, 0.25) is 0 Å². The largest absolute Gasteiger partial charge is 0.416 e. The highest BCUT2D eigenvalue weighted by molar-refractivity contribution is 5.58. The number of halogens is 3. The molecule has 2 rings (SSSR count). The minimum Gasteiger partial charge on any atom is -0.303 e. The van der Waals surface area contributed by atoms with E-state index in [1.54, 1.807) is 18.2 Å². The summed E-state index contributed by atoms with van der Waals surface area (Å²) in [5.41, 5.74) is 0.845. The highest BCUT2D eigenvalue weighted by atomic mass is 19.4. The van der Waals surface area contributed by atoms with E-state index in [4.69, 9.17) is 0 Å². The van der Waals surface area contributed by atoms with Crippen molar-refractivity contribution in [3.05, 3.63) is 41.0 Å². The van der Waals surface area contributed by atoms with Crippen LogP contribution in [-0.2, 0) is 6.18 Å². The van der Waals surface area contributed by atoms with Crippen molar-refractivity contribution >= 4 is 6.08 Å². The van der Waals surface area contributed by atoms with Crippen molar-refractivity contribution in [2.45, 2.75) is 37.9 Å². The molecule has 0 radical (unpaired) electrons. The van der Waals surface area contributed by atoms with Crippen molar-refractivity contribution in [3.63, 3.8) is 0 Å². The molecule has 20 heavy (non-hydrogen) atoms. The summed E-state index contributed by atoms with van der Waals surface area (Å²) in [5, 5.41) is 0. The van der Waals surface area contributed by atoms with E-state index in [2.05, 4.69) is 4.90 Å². The lowest BCUT2D eigenvalue weighted by Gasteiger charge is -2.31. The molecule has 0 aromatic heterocycles. The van der Waals surface area contributed by atoms with E-state index in [-0.39, 0.29) is 11.6 Å². The molecule has 0 amide bonds. The lowest BCUT2D eigenvalue weighted by atomic mass is 9.87. The van der Waals surface area contributed by atoms with Gasteiger partial charge in [0.15, 0.2) is 0 Å². The molecule has 1 atom stereocenters. The number of benzene rings is 1. The minimum atomic E-state index is -4.30. The highest BCUT2D eigenvalue weighted by Gasteiger charge is 2.32. The second-order valence-electron chi connectivity index (χ2n) is 5.53. The number of hydrogen-bond donors (Lipinski definition) is 0. The van der Waals surface area contributed by atoms with Gasteiger partial charge in [0.05, 0.1) is 5.56 Å². The topological polar surface area (TPSA) is 3.24 Å². The zero-order chi connectivity index (χ0) is 14.8. The van der Waals surface area contributed by atoms with Crippen molar-refractivity contribution < 1.29 is 13.2 Å². The fourth-order valence-corrected chi connectivity index (χ4v) is 2.86. The summed E-state index contributed by atoms with van der Waals surface area (Å²) in [7, 11) is 3.97. The van der Waals surface area contributed by atoms with Gasteiger partial charge in [-0.3, -0.25) is 0 Å². The van der Waals surface area contributed by atoms with E-state index in [9.17, 15) is 13.2 Å². The molecule has 1 aromatic carbocycles. The average Bonchev–Trinajstić information content (AvgIpc) is 2.38. The predicted octanol–water partition coefficient (Wildman–Crippen LogP) is 4.59. The summed E-state index contributed by atoms with van der Waals surface area (Å²) in [6, 6.07) is 6.06. The van der Waals surface area contributed by atoms with Crippen molar-refractivity contribution in [2.75, 3.05) is 14.1 Å². The summed E-state index contributed by atoms with van der Waals surface area (Å²) in [5.74, 6) is 0. The van der Waals surface area contributed by atoms with Crippen LogP contribution in [0.25, 0.3) is 6.08 Å². The maximum Gasteiger partial charge on any atom is 0.416 e. The first kappa shape index (κ1) is 15.1. The maximum atomic E-state index is 13.0. The van der Waals surface area contributed by atoms with E-state index < -0.39 is 11.7 Å². The number of alkyl halides is 3. The van der Waals surface area contributed by atoms with Gasteiger partial charge >= 0.3 is 6.18 Å². The van der Waals surface area contributed by atoms with Crippen molar-refractivity contribution in [1.82, 2.24) is 4.90 Å². The second-order valence-corrected chi connectivity index (χ2v) is 5.53. The molecule has 4 heteroatoms. The van der Waals surface area contributed by atoms with Crippen LogP contribution in [0.1, 0.15) is 36.8 Å². The molecule has 110 valence electrons. The molecular formula is C16H20F3N. The fraction of sp³-hybridized carbons (Fsp3) is 0.500. The molecule has 1 aliphatic carbocycles. The SMILES string of the molecule is CN(C)C1CCCCC1=Cc1ccccc1C(F)(F)F. The lowest BCUT2D eigenvalue weighted by molar-refractivity contribution is -0.137. The molecule has 1 fully saturated rings. The summed E-state index contributed by atoms with van der Waals surface area (Å²) >= 11 is 0. The van der Waals surface area contributed by atoms with E-state index in [0.29, 0.717) is 0 Å². The Hall–Kier alpha value is -1.29. The normalized spacial score (nSPS) is 22.5. The van der Waals surface area contributed by atoms with Crippen molar-refractivity contribution in [2.24, 2.45) is 0 Å². The third kappa shape index (κ3) is 3.42. The Labute approximate surface area is 118 Å². The standard InChI is InChI=1S/C16H20F3N/c1-20(2)15-10-6-4-8-13(15)11-12-7-3-5-9-14(12)16(17,18)19/h3,5,7,9,11,15H,4,6,8,10H2,1-2H3. The Bertz CT molecular complexity index is 489. The Kier molecular flexibility index (Phi) is 4.53. The average molecular weight is 283 g/mol. The van der Waals surface area contributed by atoms with Crippen LogP contribution < -0.4 is 0 Å². The molecule has 1 aromatic rings. The quantitative estimate of drug-likeness (QED) is 0.767. The van der Waals surface area contributed by atoms with Gasteiger partial charge in [-0.1, -0.05) is 36.3 Å². The highest BCUT2D eigenvalue weighted by Crippen LogP contribution is 2.35. The van der Waals surface area contributed by atoms with Crippen LogP contribution in [0.15, 0.2) is 29.8 Å². The van der Waals surface area contributed by atoms with E-state index in [0.717, 1.165) is 37.3 Å². The van der Waals surface area contributed by atoms with Crippen molar-refractivity contribution in [3.8, 4) is 0 Å². The van der Waals surface area contributed by atoms with Gasteiger partial charge < -0.3 is 4.90 Å². The lowest BCUT2D eigenvalue weighted by Crippen LogP contribution is -2.32. The zero-order valence-electron chi connectivity index (χ0n) is 11.9. The smallest absolute Gasteiger partial charge is 0.303 e. The van der Waals surface area contributed by atoms with Gasteiger partial charge in [0.2, 0.25) is 0 Å². The van der Waals surface area contributed by atoms with Crippen LogP contribution in [0.3, 0.4) is 0 Å².